The third-order valence-electron chi connectivity index (χ3n) is 1.99. The van der Waals surface area contributed by atoms with E-state index in [-0.39, 0.29) is 18.4 Å². The van der Waals surface area contributed by atoms with Gasteiger partial charge in [-0.3, -0.25) is 0 Å². The average molecular weight is 260 g/mol. The van der Waals surface area contributed by atoms with Crippen molar-refractivity contribution < 1.29 is 10.2 Å². The second-order valence-electron chi connectivity index (χ2n) is 3.21. The largest absolute Gasteiger partial charge is 0.506 e. The van der Waals surface area contributed by atoms with E-state index in [1.165, 1.54) is 0 Å². The highest BCUT2D eigenvalue weighted by Gasteiger charge is 2.05. The molecule has 1 atom stereocenters. The van der Waals surface area contributed by atoms with Gasteiger partial charge in [0.2, 0.25) is 0 Å². The molecule has 1 aromatic rings. The van der Waals surface area contributed by atoms with Crippen LogP contribution in [0, 0.1) is 0 Å². The number of para-hydroxylation sites is 1. The number of aliphatic hydroxyl groups excluding tert-OH is 1. The van der Waals surface area contributed by atoms with E-state index in [1.807, 2.05) is 19.1 Å². The van der Waals surface area contributed by atoms with Gasteiger partial charge in [-0.05, 0) is 28.9 Å². The fourth-order valence-electron chi connectivity index (χ4n) is 1.05. The van der Waals surface area contributed by atoms with Crippen molar-refractivity contribution in [3.63, 3.8) is 0 Å². The summed E-state index contributed by atoms with van der Waals surface area (Å²) in [6.45, 7) is 2.52. The summed E-state index contributed by atoms with van der Waals surface area (Å²) in [5.74, 6) is 0.255. The van der Waals surface area contributed by atoms with E-state index in [0.717, 1.165) is 5.56 Å². The van der Waals surface area contributed by atoms with Crippen molar-refractivity contribution in [3.05, 3.63) is 28.2 Å². The monoisotopic (exact) mass is 259 g/mol. The van der Waals surface area contributed by atoms with Gasteiger partial charge in [0, 0.05) is 18.2 Å². The van der Waals surface area contributed by atoms with Gasteiger partial charge < -0.3 is 15.5 Å². The number of benzene rings is 1. The van der Waals surface area contributed by atoms with Crippen molar-refractivity contribution in [2.75, 3.05) is 6.61 Å². The predicted molar refractivity (Wildman–Crippen MR) is 59.2 cm³/mol. The molecule has 0 spiro atoms. The lowest BCUT2D eigenvalue weighted by atomic mass is 10.2. The van der Waals surface area contributed by atoms with Gasteiger partial charge in [-0.15, -0.1) is 0 Å². The quantitative estimate of drug-likeness (QED) is 0.771. The SMILES string of the molecule is C[C@H](CO)NCc1cccc(Br)c1O. The first kappa shape index (κ1) is 11.5. The molecular weight excluding hydrogens is 246 g/mol. The highest BCUT2D eigenvalue weighted by atomic mass is 79.9. The topological polar surface area (TPSA) is 52.5 Å². The molecule has 0 aliphatic heterocycles. The third-order valence-corrected chi connectivity index (χ3v) is 2.63. The van der Waals surface area contributed by atoms with Crippen LogP contribution in [-0.2, 0) is 6.54 Å². The zero-order valence-corrected chi connectivity index (χ0v) is 9.58. The Balaban J connectivity index is 2.63. The number of aliphatic hydroxyl groups is 1. The van der Waals surface area contributed by atoms with Crippen LogP contribution in [0.2, 0.25) is 0 Å². The average Bonchev–Trinajstić information content (AvgIpc) is 2.20. The first-order chi connectivity index (χ1) is 6.65. The molecule has 0 aliphatic rings. The van der Waals surface area contributed by atoms with Crippen LogP contribution in [0.5, 0.6) is 5.75 Å². The standard InChI is InChI=1S/C10H14BrNO2/c1-7(6-13)12-5-8-3-2-4-9(11)10(8)14/h2-4,7,12-14H,5-6H2,1H3/t7-/m1/s1. The first-order valence-corrected chi connectivity index (χ1v) is 5.25. The van der Waals surface area contributed by atoms with Crippen molar-refractivity contribution >= 4 is 15.9 Å². The molecule has 0 amide bonds. The minimum absolute atomic E-state index is 0.0355. The summed E-state index contributed by atoms with van der Waals surface area (Å²) in [5.41, 5.74) is 0.819. The molecule has 0 bridgehead atoms. The van der Waals surface area contributed by atoms with E-state index in [1.54, 1.807) is 6.07 Å². The van der Waals surface area contributed by atoms with Gasteiger partial charge >= 0.3 is 0 Å². The van der Waals surface area contributed by atoms with Crippen LogP contribution in [-0.4, -0.2) is 22.9 Å². The van der Waals surface area contributed by atoms with E-state index >= 15 is 0 Å². The Morgan fingerprint density at radius 1 is 1.50 bits per heavy atom. The molecule has 4 heteroatoms. The highest BCUT2D eigenvalue weighted by Crippen LogP contribution is 2.27. The Morgan fingerprint density at radius 3 is 2.86 bits per heavy atom. The molecule has 3 N–H and O–H groups in total. The molecule has 0 heterocycles. The van der Waals surface area contributed by atoms with Crippen molar-refractivity contribution in [1.82, 2.24) is 5.32 Å². The number of phenolic OH excluding ortho intramolecular Hbond substituents is 1. The van der Waals surface area contributed by atoms with Gasteiger partial charge in [-0.25, -0.2) is 0 Å². The fraction of sp³-hybridized carbons (Fsp3) is 0.400. The maximum atomic E-state index is 9.63. The van der Waals surface area contributed by atoms with Crippen LogP contribution >= 0.6 is 15.9 Å². The second-order valence-corrected chi connectivity index (χ2v) is 4.07. The molecule has 0 unspecified atom stereocenters. The molecule has 78 valence electrons. The molecule has 0 saturated heterocycles. The zero-order chi connectivity index (χ0) is 10.6. The fourth-order valence-corrected chi connectivity index (χ4v) is 1.46. The van der Waals surface area contributed by atoms with E-state index in [0.29, 0.717) is 11.0 Å². The Hall–Kier alpha value is -0.580. The summed E-state index contributed by atoms with van der Waals surface area (Å²) in [6.07, 6.45) is 0. The molecule has 0 radical (unpaired) electrons. The summed E-state index contributed by atoms with van der Waals surface area (Å²) < 4.78 is 0.688. The van der Waals surface area contributed by atoms with Crippen LogP contribution < -0.4 is 5.32 Å². The summed E-state index contributed by atoms with van der Waals surface area (Å²) in [6, 6.07) is 5.53. The summed E-state index contributed by atoms with van der Waals surface area (Å²) >= 11 is 3.24. The van der Waals surface area contributed by atoms with E-state index in [2.05, 4.69) is 21.2 Å². The number of phenols is 1. The number of halogens is 1. The lowest BCUT2D eigenvalue weighted by molar-refractivity contribution is 0.250. The minimum Gasteiger partial charge on any atom is -0.506 e. The lowest BCUT2D eigenvalue weighted by Gasteiger charge is -2.11. The molecule has 1 aromatic carbocycles. The summed E-state index contributed by atoms with van der Waals surface area (Å²) in [4.78, 5) is 0. The Morgan fingerprint density at radius 2 is 2.21 bits per heavy atom. The maximum Gasteiger partial charge on any atom is 0.134 e. The zero-order valence-electron chi connectivity index (χ0n) is 8.00. The maximum absolute atomic E-state index is 9.63. The van der Waals surface area contributed by atoms with Gasteiger partial charge in [0.05, 0.1) is 11.1 Å². The molecular formula is C10H14BrNO2. The lowest BCUT2D eigenvalue weighted by Crippen LogP contribution is -2.28. The van der Waals surface area contributed by atoms with Gasteiger partial charge in [0.25, 0.3) is 0 Å². The number of rotatable bonds is 4. The van der Waals surface area contributed by atoms with Crippen LogP contribution in [0.3, 0.4) is 0 Å². The van der Waals surface area contributed by atoms with Gasteiger partial charge in [-0.2, -0.15) is 0 Å². The minimum atomic E-state index is 0.0355. The van der Waals surface area contributed by atoms with Crippen molar-refractivity contribution in [2.45, 2.75) is 19.5 Å². The Labute approximate surface area is 91.9 Å². The normalized spacial score (nSPS) is 12.8. The summed E-state index contributed by atoms with van der Waals surface area (Å²) in [5, 5.41) is 21.5. The molecule has 0 aliphatic carbocycles. The van der Waals surface area contributed by atoms with Crippen LogP contribution in [0.1, 0.15) is 12.5 Å². The molecule has 0 saturated carbocycles. The number of hydrogen-bond donors (Lipinski definition) is 3. The predicted octanol–water partition coefficient (Wildman–Crippen LogP) is 1.63. The van der Waals surface area contributed by atoms with Crippen molar-refractivity contribution in [1.29, 1.82) is 0 Å². The van der Waals surface area contributed by atoms with E-state index < -0.39 is 0 Å². The van der Waals surface area contributed by atoms with Crippen LogP contribution in [0.25, 0.3) is 0 Å². The van der Waals surface area contributed by atoms with Crippen LogP contribution in [0.15, 0.2) is 22.7 Å². The van der Waals surface area contributed by atoms with Crippen LogP contribution in [0.4, 0.5) is 0 Å². The number of nitrogens with one attached hydrogen (secondary N) is 1. The highest BCUT2D eigenvalue weighted by molar-refractivity contribution is 9.10. The molecule has 1 rings (SSSR count). The number of hydrogen-bond acceptors (Lipinski definition) is 3. The smallest absolute Gasteiger partial charge is 0.134 e. The molecule has 3 nitrogen and oxygen atoms in total. The second kappa shape index (κ2) is 5.34. The Kier molecular flexibility index (Phi) is 4.38. The van der Waals surface area contributed by atoms with Gasteiger partial charge in [-0.1, -0.05) is 12.1 Å². The Bertz CT molecular complexity index is 304. The summed E-state index contributed by atoms with van der Waals surface area (Å²) in [7, 11) is 0. The molecule has 0 aromatic heterocycles. The van der Waals surface area contributed by atoms with Crippen molar-refractivity contribution in [3.8, 4) is 5.75 Å². The van der Waals surface area contributed by atoms with Crippen molar-refractivity contribution in [2.24, 2.45) is 0 Å². The van der Waals surface area contributed by atoms with Gasteiger partial charge in [0.1, 0.15) is 5.75 Å². The third kappa shape index (κ3) is 2.97. The molecule has 14 heavy (non-hydrogen) atoms. The number of aromatic hydroxyl groups is 1. The molecule has 0 fully saturated rings. The van der Waals surface area contributed by atoms with Gasteiger partial charge in [0.15, 0.2) is 0 Å². The van der Waals surface area contributed by atoms with E-state index in [4.69, 9.17) is 5.11 Å². The van der Waals surface area contributed by atoms with E-state index in [9.17, 15) is 5.11 Å². The first-order valence-electron chi connectivity index (χ1n) is 4.45.